The molecule has 6 heteroatoms. The molecule has 0 atom stereocenters. The van der Waals surface area contributed by atoms with Crippen LogP contribution in [0.2, 0.25) is 0 Å². The van der Waals surface area contributed by atoms with E-state index in [-0.39, 0.29) is 5.69 Å². The summed E-state index contributed by atoms with van der Waals surface area (Å²) in [7, 11) is 0. The van der Waals surface area contributed by atoms with E-state index in [4.69, 9.17) is 9.15 Å². The molecule has 0 aromatic carbocycles. The Bertz CT molecular complexity index is 314. The Hall–Kier alpha value is -1.17. The number of anilines is 1. The highest BCUT2D eigenvalue weighted by molar-refractivity contribution is 7.98. The summed E-state index contributed by atoms with van der Waals surface area (Å²) in [6, 6.07) is 0.354. The van der Waals surface area contributed by atoms with Gasteiger partial charge in [-0.1, -0.05) is 0 Å². The third kappa shape index (κ3) is 3.83. The van der Waals surface area contributed by atoms with E-state index in [0.29, 0.717) is 12.6 Å². The predicted octanol–water partition coefficient (Wildman–Crippen LogP) is 1.63. The Morgan fingerprint density at radius 2 is 2.53 bits per heavy atom. The molecule has 0 radical (unpaired) electrons. The van der Waals surface area contributed by atoms with Gasteiger partial charge in [0.2, 0.25) is 0 Å². The van der Waals surface area contributed by atoms with Gasteiger partial charge in [-0.15, -0.1) is 0 Å². The summed E-state index contributed by atoms with van der Waals surface area (Å²) >= 11 is 1.72. The van der Waals surface area contributed by atoms with Crippen LogP contribution >= 0.6 is 11.8 Å². The zero-order valence-corrected chi connectivity index (χ0v) is 9.60. The number of hydrogen-bond acceptors (Lipinski definition) is 6. The van der Waals surface area contributed by atoms with Crippen molar-refractivity contribution in [3.05, 3.63) is 12.0 Å². The number of carbonyl (C=O) groups is 1. The standard InChI is InChI=1S/C9H14N2O3S/c1-3-13-8(12)7-6-14-9(11-7)10-4-5-15-2/h6H,3-5H2,1-2H3,(H,10,11). The topological polar surface area (TPSA) is 64.4 Å². The molecule has 0 spiro atoms. The fraction of sp³-hybridized carbons (Fsp3) is 0.556. The van der Waals surface area contributed by atoms with Gasteiger partial charge < -0.3 is 14.5 Å². The highest BCUT2D eigenvalue weighted by Gasteiger charge is 2.12. The molecule has 1 rings (SSSR count). The summed E-state index contributed by atoms with van der Waals surface area (Å²) in [5, 5.41) is 2.96. The molecule has 0 unspecified atom stereocenters. The molecule has 5 nitrogen and oxygen atoms in total. The van der Waals surface area contributed by atoms with Crippen molar-refractivity contribution >= 4 is 23.7 Å². The van der Waals surface area contributed by atoms with Crippen molar-refractivity contribution < 1.29 is 13.9 Å². The molecule has 0 saturated heterocycles. The van der Waals surface area contributed by atoms with Gasteiger partial charge in [0.15, 0.2) is 5.69 Å². The molecule has 1 N–H and O–H groups in total. The van der Waals surface area contributed by atoms with Gasteiger partial charge in [-0.25, -0.2) is 4.79 Å². The molecule has 84 valence electrons. The van der Waals surface area contributed by atoms with Crippen LogP contribution in [0.25, 0.3) is 0 Å². The van der Waals surface area contributed by atoms with Crippen LogP contribution < -0.4 is 5.32 Å². The van der Waals surface area contributed by atoms with Crippen molar-refractivity contribution in [3.63, 3.8) is 0 Å². The number of carbonyl (C=O) groups excluding carboxylic acids is 1. The van der Waals surface area contributed by atoms with Crippen LogP contribution in [0.3, 0.4) is 0 Å². The number of oxazole rings is 1. The summed E-state index contributed by atoms with van der Waals surface area (Å²) < 4.78 is 9.82. The Kier molecular flexibility index (Phi) is 5.03. The highest BCUT2D eigenvalue weighted by atomic mass is 32.2. The van der Waals surface area contributed by atoms with Crippen LogP contribution in [0.1, 0.15) is 17.4 Å². The SMILES string of the molecule is CCOC(=O)c1coc(NCCSC)n1. The average Bonchev–Trinajstić information content (AvgIpc) is 2.67. The minimum absolute atomic E-state index is 0.198. The number of aromatic nitrogens is 1. The molecular formula is C9H14N2O3S. The van der Waals surface area contributed by atoms with E-state index in [9.17, 15) is 4.79 Å². The first-order valence-electron chi connectivity index (χ1n) is 4.63. The maximum Gasteiger partial charge on any atom is 0.360 e. The summed E-state index contributed by atoms with van der Waals surface area (Å²) in [6.07, 6.45) is 3.31. The second-order valence-corrected chi connectivity index (χ2v) is 3.66. The lowest BCUT2D eigenvalue weighted by Crippen LogP contribution is -2.07. The third-order valence-corrected chi connectivity index (χ3v) is 2.18. The number of thioether (sulfide) groups is 1. The number of nitrogens with zero attached hydrogens (tertiary/aromatic N) is 1. The monoisotopic (exact) mass is 230 g/mol. The molecule has 1 aromatic rings. The highest BCUT2D eigenvalue weighted by Crippen LogP contribution is 2.08. The number of ether oxygens (including phenoxy) is 1. The van der Waals surface area contributed by atoms with Crippen LogP contribution in [0.4, 0.5) is 6.01 Å². The number of hydrogen-bond donors (Lipinski definition) is 1. The van der Waals surface area contributed by atoms with Crippen molar-refractivity contribution in [3.8, 4) is 0 Å². The van der Waals surface area contributed by atoms with Crippen LogP contribution in [0.15, 0.2) is 10.7 Å². The Balaban J connectivity index is 2.45. The molecule has 0 aliphatic heterocycles. The number of esters is 1. The first-order valence-corrected chi connectivity index (χ1v) is 6.02. The van der Waals surface area contributed by atoms with Gasteiger partial charge in [-0.3, -0.25) is 0 Å². The first-order chi connectivity index (χ1) is 7.27. The maximum atomic E-state index is 11.2. The van der Waals surface area contributed by atoms with Gasteiger partial charge in [-0.2, -0.15) is 16.7 Å². The quantitative estimate of drug-likeness (QED) is 0.592. The zero-order chi connectivity index (χ0) is 11.1. The van der Waals surface area contributed by atoms with Crippen molar-refractivity contribution in [1.29, 1.82) is 0 Å². The largest absolute Gasteiger partial charge is 0.461 e. The lowest BCUT2D eigenvalue weighted by molar-refractivity contribution is 0.0519. The van der Waals surface area contributed by atoms with Gasteiger partial charge >= 0.3 is 5.97 Å². The van der Waals surface area contributed by atoms with Gasteiger partial charge in [0.1, 0.15) is 6.26 Å². The van der Waals surface area contributed by atoms with E-state index in [1.807, 2.05) is 6.26 Å². The maximum absolute atomic E-state index is 11.2. The van der Waals surface area contributed by atoms with Gasteiger partial charge in [-0.05, 0) is 13.2 Å². The van der Waals surface area contributed by atoms with E-state index < -0.39 is 5.97 Å². The predicted molar refractivity (Wildman–Crippen MR) is 59.3 cm³/mol. The molecule has 0 aliphatic carbocycles. The van der Waals surface area contributed by atoms with Crippen molar-refractivity contribution in [2.45, 2.75) is 6.92 Å². The summed E-state index contributed by atoms with van der Waals surface area (Å²) in [5.41, 5.74) is 0.198. The first kappa shape index (κ1) is 11.9. The average molecular weight is 230 g/mol. The summed E-state index contributed by atoms with van der Waals surface area (Å²) in [6.45, 7) is 2.83. The molecule has 1 heterocycles. The Morgan fingerprint density at radius 1 is 1.73 bits per heavy atom. The molecule has 0 bridgehead atoms. The van der Waals surface area contributed by atoms with Gasteiger partial charge in [0.25, 0.3) is 6.01 Å². The minimum atomic E-state index is -0.459. The van der Waals surface area contributed by atoms with E-state index >= 15 is 0 Å². The van der Waals surface area contributed by atoms with E-state index in [0.717, 1.165) is 12.3 Å². The molecule has 0 fully saturated rings. The van der Waals surface area contributed by atoms with E-state index in [1.165, 1.54) is 6.26 Å². The fourth-order valence-corrected chi connectivity index (χ4v) is 1.22. The van der Waals surface area contributed by atoms with Crippen molar-refractivity contribution in [2.24, 2.45) is 0 Å². The van der Waals surface area contributed by atoms with Crippen LogP contribution in [0.5, 0.6) is 0 Å². The molecule has 0 amide bonds. The summed E-state index contributed by atoms with van der Waals surface area (Å²) in [4.78, 5) is 15.2. The van der Waals surface area contributed by atoms with E-state index in [2.05, 4.69) is 10.3 Å². The van der Waals surface area contributed by atoms with Crippen LogP contribution in [-0.2, 0) is 4.74 Å². The number of rotatable bonds is 6. The second kappa shape index (κ2) is 6.34. The lowest BCUT2D eigenvalue weighted by atomic mass is 10.5. The van der Waals surface area contributed by atoms with Gasteiger partial charge in [0, 0.05) is 12.3 Å². The lowest BCUT2D eigenvalue weighted by Gasteiger charge is -1.98. The third-order valence-electron chi connectivity index (χ3n) is 1.57. The molecule has 0 aliphatic rings. The van der Waals surface area contributed by atoms with Crippen molar-refractivity contribution in [1.82, 2.24) is 4.98 Å². The second-order valence-electron chi connectivity index (χ2n) is 2.68. The summed E-state index contributed by atoms with van der Waals surface area (Å²) in [5.74, 6) is 0.496. The van der Waals surface area contributed by atoms with Crippen LogP contribution in [0, 0.1) is 0 Å². The smallest absolute Gasteiger partial charge is 0.360 e. The Morgan fingerprint density at radius 3 is 3.20 bits per heavy atom. The minimum Gasteiger partial charge on any atom is -0.461 e. The molecular weight excluding hydrogens is 216 g/mol. The van der Waals surface area contributed by atoms with Gasteiger partial charge in [0.05, 0.1) is 6.61 Å². The number of nitrogens with one attached hydrogen (secondary N) is 1. The molecule has 15 heavy (non-hydrogen) atoms. The molecule has 0 saturated carbocycles. The molecule has 1 aromatic heterocycles. The fourth-order valence-electron chi connectivity index (χ4n) is 0.914. The Labute approximate surface area is 92.6 Å². The van der Waals surface area contributed by atoms with Crippen LogP contribution in [-0.4, -0.2) is 36.1 Å². The van der Waals surface area contributed by atoms with E-state index in [1.54, 1.807) is 18.7 Å². The zero-order valence-electron chi connectivity index (χ0n) is 8.78. The normalized spacial score (nSPS) is 10.0. The van der Waals surface area contributed by atoms with Crippen molar-refractivity contribution in [2.75, 3.05) is 30.5 Å².